The summed E-state index contributed by atoms with van der Waals surface area (Å²) in [6.45, 7) is 2.59. The van der Waals surface area contributed by atoms with Crippen LogP contribution in [-0.4, -0.2) is 18.5 Å². The fourth-order valence-corrected chi connectivity index (χ4v) is 2.76. The van der Waals surface area contributed by atoms with Gasteiger partial charge < -0.3 is 14.8 Å². The molecule has 0 spiro atoms. The summed E-state index contributed by atoms with van der Waals surface area (Å²) in [6, 6.07) is 9.97. The van der Waals surface area contributed by atoms with E-state index in [1.807, 2.05) is 13.0 Å². The van der Waals surface area contributed by atoms with E-state index in [-0.39, 0.29) is 12.3 Å². The standard InChI is InChI=1S/C19H16Cl2N2O4/c1-2-26-17-9-11(8-15-18(24)23-19(25)22-15)4-6-16(17)27-10-12-3-5-13(20)14(21)7-12/h3-9H,2,10H2,1H3,(H2,22,23,24,25)/b15-8+. The SMILES string of the molecule is CCOc1cc(/C=C2/NC(=O)NC2=O)ccc1OCc1ccc(Cl)c(Cl)c1. The van der Waals surface area contributed by atoms with Crippen molar-refractivity contribution in [1.82, 2.24) is 10.6 Å². The number of carbonyl (C=O) groups excluding carboxylic acids is 2. The fraction of sp³-hybridized carbons (Fsp3) is 0.158. The zero-order valence-corrected chi connectivity index (χ0v) is 15.9. The van der Waals surface area contributed by atoms with Crippen LogP contribution in [0.5, 0.6) is 11.5 Å². The molecule has 2 N–H and O–H groups in total. The first-order valence-electron chi connectivity index (χ1n) is 8.14. The number of hydrogen-bond acceptors (Lipinski definition) is 4. The molecule has 8 heteroatoms. The molecule has 1 aliphatic heterocycles. The Morgan fingerprint density at radius 3 is 2.44 bits per heavy atom. The van der Waals surface area contributed by atoms with E-state index in [0.29, 0.717) is 33.7 Å². The molecule has 2 aromatic rings. The summed E-state index contributed by atoms with van der Waals surface area (Å²) in [7, 11) is 0. The van der Waals surface area contributed by atoms with Gasteiger partial charge in [-0.15, -0.1) is 0 Å². The molecule has 27 heavy (non-hydrogen) atoms. The van der Waals surface area contributed by atoms with E-state index in [1.54, 1.807) is 36.4 Å². The topological polar surface area (TPSA) is 76.7 Å². The van der Waals surface area contributed by atoms with Crippen molar-refractivity contribution in [3.63, 3.8) is 0 Å². The van der Waals surface area contributed by atoms with Crippen LogP contribution in [-0.2, 0) is 11.4 Å². The number of amides is 3. The van der Waals surface area contributed by atoms with Gasteiger partial charge in [0.05, 0.1) is 16.7 Å². The Kier molecular flexibility index (Phi) is 5.88. The van der Waals surface area contributed by atoms with Crippen molar-refractivity contribution in [3.8, 4) is 11.5 Å². The second kappa shape index (κ2) is 8.33. The highest BCUT2D eigenvalue weighted by atomic mass is 35.5. The van der Waals surface area contributed by atoms with Crippen LogP contribution in [0, 0.1) is 0 Å². The summed E-state index contributed by atoms with van der Waals surface area (Å²) in [5.74, 6) is 0.597. The predicted octanol–water partition coefficient (Wildman–Crippen LogP) is 4.15. The van der Waals surface area contributed by atoms with Crippen molar-refractivity contribution < 1.29 is 19.1 Å². The summed E-state index contributed by atoms with van der Waals surface area (Å²) < 4.78 is 11.5. The molecule has 1 saturated heterocycles. The van der Waals surface area contributed by atoms with Gasteiger partial charge >= 0.3 is 6.03 Å². The monoisotopic (exact) mass is 406 g/mol. The van der Waals surface area contributed by atoms with Crippen molar-refractivity contribution in [2.45, 2.75) is 13.5 Å². The van der Waals surface area contributed by atoms with Crippen LogP contribution in [0.4, 0.5) is 4.79 Å². The van der Waals surface area contributed by atoms with E-state index in [1.165, 1.54) is 0 Å². The quantitative estimate of drug-likeness (QED) is 0.557. The van der Waals surface area contributed by atoms with Crippen molar-refractivity contribution in [1.29, 1.82) is 0 Å². The largest absolute Gasteiger partial charge is 0.490 e. The summed E-state index contributed by atoms with van der Waals surface area (Å²) in [4.78, 5) is 22.8. The van der Waals surface area contributed by atoms with Gasteiger partial charge in [0.2, 0.25) is 0 Å². The lowest BCUT2D eigenvalue weighted by Gasteiger charge is -2.13. The molecule has 0 aromatic heterocycles. The summed E-state index contributed by atoms with van der Waals surface area (Å²) >= 11 is 11.9. The van der Waals surface area contributed by atoms with Gasteiger partial charge in [-0.05, 0) is 48.4 Å². The molecule has 0 aliphatic carbocycles. The number of nitrogens with one attached hydrogen (secondary N) is 2. The first-order valence-corrected chi connectivity index (χ1v) is 8.89. The number of urea groups is 1. The second-order valence-electron chi connectivity index (χ2n) is 5.64. The number of carbonyl (C=O) groups is 2. The van der Waals surface area contributed by atoms with E-state index >= 15 is 0 Å². The van der Waals surface area contributed by atoms with Crippen LogP contribution >= 0.6 is 23.2 Å². The Labute approximate surface area is 166 Å². The highest BCUT2D eigenvalue weighted by molar-refractivity contribution is 6.42. The molecule has 0 radical (unpaired) electrons. The van der Waals surface area contributed by atoms with Gasteiger partial charge in [0.1, 0.15) is 12.3 Å². The lowest BCUT2D eigenvalue weighted by molar-refractivity contribution is -0.115. The Balaban J connectivity index is 1.79. The number of rotatable bonds is 6. The molecule has 0 unspecified atom stereocenters. The summed E-state index contributed by atoms with van der Waals surface area (Å²) in [5, 5.41) is 5.53. The molecule has 6 nitrogen and oxygen atoms in total. The summed E-state index contributed by atoms with van der Waals surface area (Å²) in [5.41, 5.74) is 1.72. The number of benzene rings is 2. The third-order valence-electron chi connectivity index (χ3n) is 3.68. The Morgan fingerprint density at radius 1 is 0.963 bits per heavy atom. The van der Waals surface area contributed by atoms with Crippen molar-refractivity contribution in [2.24, 2.45) is 0 Å². The third-order valence-corrected chi connectivity index (χ3v) is 4.42. The van der Waals surface area contributed by atoms with E-state index in [9.17, 15) is 9.59 Å². The van der Waals surface area contributed by atoms with E-state index in [2.05, 4.69) is 10.6 Å². The van der Waals surface area contributed by atoms with Crippen LogP contribution in [0.25, 0.3) is 6.08 Å². The molecule has 3 amide bonds. The molecule has 1 aliphatic rings. The molecule has 1 fully saturated rings. The third kappa shape index (κ3) is 4.72. The predicted molar refractivity (Wildman–Crippen MR) is 103 cm³/mol. The maximum Gasteiger partial charge on any atom is 0.326 e. The molecule has 2 aromatic carbocycles. The lowest BCUT2D eigenvalue weighted by Crippen LogP contribution is -2.22. The molecule has 0 atom stereocenters. The minimum atomic E-state index is -0.544. The molecule has 3 rings (SSSR count). The fourth-order valence-electron chi connectivity index (χ4n) is 2.44. The molecule has 0 saturated carbocycles. The summed E-state index contributed by atoms with van der Waals surface area (Å²) in [6.07, 6.45) is 1.56. The molecular weight excluding hydrogens is 391 g/mol. The second-order valence-corrected chi connectivity index (χ2v) is 6.46. The highest BCUT2D eigenvalue weighted by Gasteiger charge is 2.22. The number of hydrogen-bond donors (Lipinski definition) is 2. The van der Waals surface area contributed by atoms with Crippen molar-refractivity contribution in [3.05, 3.63) is 63.3 Å². The number of ether oxygens (including phenoxy) is 2. The van der Waals surface area contributed by atoms with Gasteiger partial charge in [-0.1, -0.05) is 35.3 Å². The average molecular weight is 407 g/mol. The number of imide groups is 1. The van der Waals surface area contributed by atoms with Crippen LogP contribution in [0.1, 0.15) is 18.1 Å². The maximum absolute atomic E-state index is 11.6. The van der Waals surface area contributed by atoms with Gasteiger partial charge in [0.15, 0.2) is 11.5 Å². The maximum atomic E-state index is 11.6. The zero-order valence-electron chi connectivity index (χ0n) is 14.3. The Bertz CT molecular complexity index is 928. The molecule has 140 valence electrons. The van der Waals surface area contributed by atoms with Crippen LogP contribution < -0.4 is 20.1 Å². The van der Waals surface area contributed by atoms with Crippen LogP contribution in [0.3, 0.4) is 0 Å². The highest BCUT2D eigenvalue weighted by Crippen LogP contribution is 2.31. The number of halogens is 2. The smallest absolute Gasteiger partial charge is 0.326 e. The minimum absolute atomic E-state index is 0.173. The van der Waals surface area contributed by atoms with Crippen LogP contribution in [0.2, 0.25) is 10.0 Å². The molecule has 1 heterocycles. The van der Waals surface area contributed by atoms with Gasteiger partial charge in [-0.2, -0.15) is 0 Å². The normalized spacial score (nSPS) is 14.9. The minimum Gasteiger partial charge on any atom is -0.490 e. The van der Waals surface area contributed by atoms with Crippen molar-refractivity contribution in [2.75, 3.05) is 6.61 Å². The zero-order chi connectivity index (χ0) is 19.4. The van der Waals surface area contributed by atoms with Gasteiger partial charge in [-0.3, -0.25) is 10.1 Å². The first-order chi connectivity index (χ1) is 13.0. The Morgan fingerprint density at radius 2 is 1.78 bits per heavy atom. The van der Waals surface area contributed by atoms with E-state index in [0.717, 1.165) is 5.56 Å². The first kappa shape index (κ1) is 19.1. The van der Waals surface area contributed by atoms with Gasteiger partial charge in [0, 0.05) is 0 Å². The van der Waals surface area contributed by atoms with E-state index < -0.39 is 11.9 Å². The van der Waals surface area contributed by atoms with Crippen LogP contribution in [0.15, 0.2) is 42.1 Å². The van der Waals surface area contributed by atoms with Gasteiger partial charge in [-0.25, -0.2) is 4.79 Å². The Hall–Kier alpha value is -2.70. The van der Waals surface area contributed by atoms with Gasteiger partial charge in [0.25, 0.3) is 5.91 Å². The average Bonchev–Trinajstić information content (AvgIpc) is 2.94. The van der Waals surface area contributed by atoms with Crippen molar-refractivity contribution >= 4 is 41.2 Å². The molecule has 0 bridgehead atoms. The van der Waals surface area contributed by atoms with E-state index in [4.69, 9.17) is 32.7 Å². The lowest BCUT2D eigenvalue weighted by atomic mass is 10.1. The molecular formula is C19H16Cl2N2O4.